The number of aromatic nitrogens is 4. The molecular weight excluding hydrogens is 318 g/mol. The summed E-state index contributed by atoms with van der Waals surface area (Å²) in [5, 5.41) is 9.74. The molecule has 0 radical (unpaired) electrons. The Bertz CT molecular complexity index is 907. The molecule has 4 rings (SSSR count). The number of ether oxygens (including phenoxy) is 2. The van der Waals surface area contributed by atoms with Gasteiger partial charge in [0, 0.05) is 18.0 Å². The third-order valence-corrected chi connectivity index (χ3v) is 4.93. The molecule has 1 aliphatic rings. The summed E-state index contributed by atoms with van der Waals surface area (Å²) in [4.78, 5) is 7.01. The van der Waals surface area contributed by atoms with Crippen LogP contribution in [-0.4, -0.2) is 51.8 Å². The van der Waals surface area contributed by atoms with Gasteiger partial charge in [-0.1, -0.05) is 6.92 Å². The lowest BCUT2D eigenvalue weighted by molar-refractivity contribution is 0.172. The molecular formula is C18H23N5O2. The molecule has 7 nitrogen and oxygen atoms in total. The fourth-order valence-electron chi connectivity index (χ4n) is 3.64. The Kier molecular flexibility index (Phi) is 4.17. The van der Waals surface area contributed by atoms with Crippen molar-refractivity contribution in [2.24, 2.45) is 5.92 Å². The molecule has 7 heteroatoms. The number of hydrogen-bond acceptors (Lipinski definition) is 6. The highest BCUT2D eigenvalue weighted by molar-refractivity contribution is 5.93. The predicted molar refractivity (Wildman–Crippen MR) is 95.1 cm³/mol. The maximum atomic E-state index is 5.41. The van der Waals surface area contributed by atoms with Crippen LogP contribution in [0.2, 0.25) is 0 Å². The average molecular weight is 341 g/mol. The highest BCUT2D eigenvalue weighted by atomic mass is 16.5. The molecule has 1 aromatic carbocycles. The number of benzene rings is 1. The first-order chi connectivity index (χ1) is 12.2. The molecule has 0 spiro atoms. The van der Waals surface area contributed by atoms with Crippen molar-refractivity contribution < 1.29 is 9.47 Å². The Morgan fingerprint density at radius 1 is 1.16 bits per heavy atom. The molecule has 0 bridgehead atoms. The molecule has 25 heavy (non-hydrogen) atoms. The Balaban J connectivity index is 1.75. The third kappa shape index (κ3) is 2.89. The predicted octanol–water partition coefficient (Wildman–Crippen LogP) is 2.53. The summed E-state index contributed by atoms with van der Waals surface area (Å²) in [6.07, 6.45) is 4.35. The fraction of sp³-hybridized carbons (Fsp3) is 0.500. The van der Waals surface area contributed by atoms with Crippen molar-refractivity contribution in [1.82, 2.24) is 24.5 Å². The maximum Gasteiger partial charge on any atom is 0.171 e. The minimum absolute atomic E-state index is 0.661. The molecule has 1 fully saturated rings. The number of likely N-dealkylation sites (tertiary alicyclic amines) is 1. The zero-order valence-corrected chi connectivity index (χ0v) is 14.9. The van der Waals surface area contributed by atoms with Crippen LogP contribution in [0.4, 0.5) is 0 Å². The fourth-order valence-corrected chi connectivity index (χ4v) is 3.64. The van der Waals surface area contributed by atoms with Gasteiger partial charge in [-0.2, -0.15) is 0 Å². The molecule has 1 atom stereocenters. The molecule has 0 saturated carbocycles. The number of nitrogens with zero attached hydrogens (tertiary/aromatic N) is 5. The van der Waals surface area contributed by atoms with Crippen molar-refractivity contribution in [3.8, 4) is 11.5 Å². The van der Waals surface area contributed by atoms with E-state index in [0.29, 0.717) is 11.5 Å². The van der Waals surface area contributed by atoms with Crippen LogP contribution >= 0.6 is 0 Å². The number of methoxy groups -OCH3 is 2. The molecule has 3 heterocycles. The second-order valence-corrected chi connectivity index (χ2v) is 6.76. The first-order valence-electron chi connectivity index (χ1n) is 8.66. The molecule has 0 N–H and O–H groups in total. The molecule has 0 amide bonds. The average Bonchev–Trinajstić information content (AvgIpc) is 3.03. The van der Waals surface area contributed by atoms with Crippen molar-refractivity contribution in [3.63, 3.8) is 0 Å². The highest BCUT2D eigenvalue weighted by Gasteiger charge is 2.19. The van der Waals surface area contributed by atoms with Gasteiger partial charge in [-0.05, 0) is 31.4 Å². The van der Waals surface area contributed by atoms with Gasteiger partial charge in [-0.15, -0.1) is 10.2 Å². The van der Waals surface area contributed by atoms with Gasteiger partial charge >= 0.3 is 0 Å². The van der Waals surface area contributed by atoms with Crippen LogP contribution in [0.1, 0.15) is 25.6 Å². The number of fused-ring (bicyclic) bond motifs is 3. The summed E-state index contributed by atoms with van der Waals surface area (Å²) < 4.78 is 12.8. The monoisotopic (exact) mass is 341 g/mol. The minimum atomic E-state index is 0.661. The Morgan fingerprint density at radius 2 is 1.96 bits per heavy atom. The summed E-state index contributed by atoms with van der Waals surface area (Å²) in [7, 11) is 3.25. The van der Waals surface area contributed by atoms with Crippen molar-refractivity contribution in [2.75, 3.05) is 27.3 Å². The summed E-state index contributed by atoms with van der Waals surface area (Å²) in [5.41, 5.74) is 1.61. The van der Waals surface area contributed by atoms with Crippen LogP contribution in [0.5, 0.6) is 11.5 Å². The Morgan fingerprint density at radius 3 is 2.72 bits per heavy atom. The summed E-state index contributed by atoms with van der Waals surface area (Å²) in [6, 6.07) is 3.78. The van der Waals surface area contributed by atoms with E-state index in [1.165, 1.54) is 12.8 Å². The Hall–Kier alpha value is -2.41. The van der Waals surface area contributed by atoms with Crippen LogP contribution in [0.25, 0.3) is 16.6 Å². The van der Waals surface area contributed by atoms with Gasteiger partial charge < -0.3 is 9.47 Å². The Labute approximate surface area is 146 Å². The van der Waals surface area contributed by atoms with E-state index < -0.39 is 0 Å². The lowest BCUT2D eigenvalue weighted by Crippen LogP contribution is -2.34. The molecule has 0 aliphatic carbocycles. The summed E-state index contributed by atoms with van der Waals surface area (Å²) >= 11 is 0. The maximum absolute atomic E-state index is 5.41. The largest absolute Gasteiger partial charge is 0.493 e. The van der Waals surface area contributed by atoms with Crippen LogP contribution in [0.3, 0.4) is 0 Å². The van der Waals surface area contributed by atoms with Gasteiger partial charge in [0.05, 0.1) is 26.3 Å². The quantitative estimate of drug-likeness (QED) is 0.726. The number of hydrogen-bond donors (Lipinski definition) is 0. The lowest BCUT2D eigenvalue weighted by Gasteiger charge is -2.30. The van der Waals surface area contributed by atoms with E-state index in [1.807, 2.05) is 16.5 Å². The molecule has 0 unspecified atom stereocenters. The normalized spacial score (nSPS) is 18.8. The smallest absolute Gasteiger partial charge is 0.171 e. The van der Waals surface area contributed by atoms with E-state index in [0.717, 1.165) is 47.9 Å². The first kappa shape index (κ1) is 16.1. The van der Waals surface area contributed by atoms with Gasteiger partial charge in [0.2, 0.25) is 0 Å². The second-order valence-electron chi connectivity index (χ2n) is 6.76. The van der Waals surface area contributed by atoms with Crippen molar-refractivity contribution in [1.29, 1.82) is 0 Å². The van der Waals surface area contributed by atoms with E-state index in [9.17, 15) is 0 Å². The standard InChI is InChI=1S/C18H23N5O2/c1-12-5-4-6-22(9-12)10-17-20-21-18-13-7-15(24-2)16(25-3)8-14(13)19-11-23(17)18/h7-8,11-12H,4-6,9-10H2,1-3H3/t12-/m0/s1. The van der Waals surface area contributed by atoms with Gasteiger partial charge in [-0.25, -0.2) is 4.98 Å². The van der Waals surface area contributed by atoms with E-state index in [4.69, 9.17) is 9.47 Å². The molecule has 2 aromatic heterocycles. The van der Waals surface area contributed by atoms with Crippen molar-refractivity contribution in [3.05, 3.63) is 24.3 Å². The zero-order valence-electron chi connectivity index (χ0n) is 14.9. The summed E-state index contributed by atoms with van der Waals surface area (Å²) in [6.45, 7) is 5.33. The van der Waals surface area contributed by atoms with E-state index >= 15 is 0 Å². The molecule has 132 valence electrons. The molecule has 3 aromatic rings. The lowest BCUT2D eigenvalue weighted by atomic mass is 10.0. The van der Waals surface area contributed by atoms with Gasteiger partial charge in [0.15, 0.2) is 23.0 Å². The van der Waals surface area contributed by atoms with Crippen molar-refractivity contribution >= 4 is 16.6 Å². The van der Waals surface area contributed by atoms with Crippen LogP contribution in [0.15, 0.2) is 18.5 Å². The number of rotatable bonds is 4. The highest BCUT2D eigenvalue weighted by Crippen LogP contribution is 2.32. The van der Waals surface area contributed by atoms with E-state index in [1.54, 1.807) is 20.5 Å². The van der Waals surface area contributed by atoms with Crippen LogP contribution in [-0.2, 0) is 6.54 Å². The topological polar surface area (TPSA) is 64.8 Å². The van der Waals surface area contributed by atoms with Gasteiger partial charge in [-0.3, -0.25) is 9.30 Å². The zero-order chi connectivity index (χ0) is 17.4. The van der Waals surface area contributed by atoms with Crippen molar-refractivity contribution in [2.45, 2.75) is 26.3 Å². The van der Waals surface area contributed by atoms with E-state index in [2.05, 4.69) is 27.0 Å². The van der Waals surface area contributed by atoms with Crippen LogP contribution in [0, 0.1) is 5.92 Å². The summed E-state index contributed by atoms with van der Waals surface area (Å²) in [5.74, 6) is 2.99. The number of piperidine rings is 1. The third-order valence-electron chi connectivity index (χ3n) is 4.93. The molecule has 1 aliphatic heterocycles. The van der Waals surface area contributed by atoms with Gasteiger partial charge in [0.1, 0.15) is 6.33 Å². The first-order valence-corrected chi connectivity index (χ1v) is 8.66. The van der Waals surface area contributed by atoms with Crippen LogP contribution < -0.4 is 9.47 Å². The minimum Gasteiger partial charge on any atom is -0.493 e. The molecule has 1 saturated heterocycles. The van der Waals surface area contributed by atoms with Gasteiger partial charge in [0.25, 0.3) is 0 Å². The SMILES string of the molecule is COc1cc2ncn3c(CN4CCC[C@H](C)C4)nnc3c2cc1OC. The second kappa shape index (κ2) is 6.48. The van der Waals surface area contributed by atoms with E-state index in [-0.39, 0.29) is 0 Å².